The van der Waals surface area contributed by atoms with Gasteiger partial charge in [-0.1, -0.05) is 24.3 Å². The average molecular weight is 278 g/mol. The van der Waals surface area contributed by atoms with Gasteiger partial charge in [-0.25, -0.2) is 0 Å². The summed E-state index contributed by atoms with van der Waals surface area (Å²) in [4.78, 5) is 4.48. The van der Waals surface area contributed by atoms with Gasteiger partial charge in [0.15, 0.2) is 0 Å². The lowest BCUT2D eigenvalue weighted by atomic mass is 10.1. The Bertz CT molecular complexity index is 674. The highest BCUT2D eigenvalue weighted by molar-refractivity contribution is 5.82. The van der Waals surface area contributed by atoms with E-state index in [0.717, 1.165) is 17.0 Å². The normalized spacial score (nSPS) is 11.3. The van der Waals surface area contributed by atoms with Gasteiger partial charge in [0.1, 0.15) is 17.0 Å². The van der Waals surface area contributed by atoms with Gasteiger partial charge in [0.25, 0.3) is 0 Å². The van der Waals surface area contributed by atoms with Crippen LogP contribution in [0.15, 0.2) is 53.5 Å². The summed E-state index contributed by atoms with van der Waals surface area (Å²) in [6.45, 7) is 6.02. The summed E-state index contributed by atoms with van der Waals surface area (Å²) in [5, 5.41) is 8.78. The van der Waals surface area contributed by atoms with E-state index in [-0.39, 0.29) is 5.60 Å². The molecular weight excluding hydrogens is 260 g/mol. The lowest BCUT2D eigenvalue weighted by Gasteiger charge is -2.22. The summed E-state index contributed by atoms with van der Waals surface area (Å²) in [5.74, 6) is 0.759. The largest absolute Gasteiger partial charge is 0.486 e. The predicted molar refractivity (Wildman–Crippen MR) is 85.2 cm³/mol. The summed E-state index contributed by atoms with van der Waals surface area (Å²) < 4.78 is 5.90. The summed E-state index contributed by atoms with van der Waals surface area (Å²) in [6.07, 6.45) is 1.77. The summed E-state index contributed by atoms with van der Waals surface area (Å²) in [7, 11) is 0. The molecule has 2 rings (SSSR count). The second-order valence-corrected chi connectivity index (χ2v) is 5.67. The summed E-state index contributed by atoms with van der Waals surface area (Å²) in [6, 6.07) is 17.1. The third-order valence-corrected chi connectivity index (χ3v) is 2.67. The molecule has 2 aromatic rings. The van der Waals surface area contributed by atoms with Gasteiger partial charge in [-0.3, -0.25) is 4.99 Å². The molecule has 3 nitrogen and oxygen atoms in total. The first-order chi connectivity index (χ1) is 9.98. The van der Waals surface area contributed by atoms with Gasteiger partial charge in [0.05, 0.1) is 11.6 Å². The van der Waals surface area contributed by atoms with Crippen molar-refractivity contribution in [3.63, 3.8) is 0 Å². The second kappa shape index (κ2) is 6.23. The molecule has 0 bridgehead atoms. The van der Waals surface area contributed by atoms with Crippen molar-refractivity contribution in [2.75, 3.05) is 0 Å². The molecule has 0 saturated carbocycles. The molecule has 0 heterocycles. The number of benzene rings is 2. The van der Waals surface area contributed by atoms with Crippen molar-refractivity contribution < 1.29 is 4.74 Å². The summed E-state index contributed by atoms with van der Waals surface area (Å²) >= 11 is 0. The number of nitrogens with zero attached hydrogens (tertiary/aromatic N) is 2. The van der Waals surface area contributed by atoms with E-state index in [0.29, 0.717) is 5.56 Å². The Balaban J connectivity index is 2.22. The van der Waals surface area contributed by atoms with Crippen LogP contribution in [0, 0.1) is 11.3 Å². The number of aliphatic imine (C=N–C) groups is 1. The molecule has 0 radical (unpaired) electrons. The minimum absolute atomic E-state index is 0.264. The fourth-order valence-electron chi connectivity index (χ4n) is 1.77. The van der Waals surface area contributed by atoms with E-state index in [2.05, 4.69) is 11.1 Å². The van der Waals surface area contributed by atoms with E-state index in [1.165, 1.54) is 0 Å². The number of rotatable bonds is 3. The van der Waals surface area contributed by atoms with Crippen LogP contribution in [-0.2, 0) is 0 Å². The van der Waals surface area contributed by atoms with E-state index in [1.54, 1.807) is 18.3 Å². The van der Waals surface area contributed by atoms with Crippen molar-refractivity contribution in [3.8, 4) is 11.8 Å². The first-order valence-electron chi connectivity index (χ1n) is 6.80. The van der Waals surface area contributed by atoms with Crippen molar-refractivity contribution in [1.82, 2.24) is 0 Å². The predicted octanol–water partition coefficient (Wildman–Crippen LogP) is 4.49. The maximum atomic E-state index is 8.78. The zero-order valence-corrected chi connectivity index (χ0v) is 12.5. The number of hydrogen-bond acceptors (Lipinski definition) is 3. The van der Waals surface area contributed by atoms with Gasteiger partial charge >= 0.3 is 0 Å². The number of nitriles is 1. The molecule has 0 atom stereocenters. The van der Waals surface area contributed by atoms with Crippen molar-refractivity contribution in [3.05, 3.63) is 59.7 Å². The van der Waals surface area contributed by atoms with E-state index >= 15 is 0 Å². The molecule has 2 aromatic carbocycles. The Kier molecular flexibility index (Phi) is 4.39. The van der Waals surface area contributed by atoms with Gasteiger partial charge in [-0.05, 0) is 50.6 Å². The molecule has 0 N–H and O–H groups in total. The van der Waals surface area contributed by atoms with Gasteiger partial charge in [0.2, 0.25) is 0 Å². The lowest BCUT2D eigenvalue weighted by Crippen LogP contribution is -2.22. The van der Waals surface area contributed by atoms with Crippen LogP contribution in [0.4, 0.5) is 5.69 Å². The standard InChI is InChI=1S/C18H18N2O/c1-18(2,3)21-17-7-5-4-6-16(17)20-13-15-10-8-14(12-19)9-11-15/h4-11,13H,1-3H3. The molecule has 106 valence electrons. The average Bonchev–Trinajstić information content (AvgIpc) is 2.45. The molecule has 0 fully saturated rings. The van der Waals surface area contributed by atoms with E-state index in [1.807, 2.05) is 57.2 Å². The molecule has 0 aliphatic rings. The smallest absolute Gasteiger partial charge is 0.145 e. The van der Waals surface area contributed by atoms with Crippen molar-refractivity contribution >= 4 is 11.9 Å². The maximum Gasteiger partial charge on any atom is 0.145 e. The van der Waals surface area contributed by atoms with Crippen LogP contribution >= 0.6 is 0 Å². The van der Waals surface area contributed by atoms with Crippen LogP contribution in [0.25, 0.3) is 0 Å². The fourth-order valence-corrected chi connectivity index (χ4v) is 1.77. The first-order valence-corrected chi connectivity index (χ1v) is 6.80. The Morgan fingerprint density at radius 1 is 1.05 bits per heavy atom. The Hall–Kier alpha value is -2.60. The van der Waals surface area contributed by atoms with Crippen LogP contribution in [0.1, 0.15) is 31.9 Å². The molecular formula is C18H18N2O. The number of hydrogen-bond donors (Lipinski definition) is 0. The van der Waals surface area contributed by atoms with E-state index in [9.17, 15) is 0 Å². The van der Waals surface area contributed by atoms with Crippen molar-refractivity contribution in [2.45, 2.75) is 26.4 Å². The molecule has 0 aliphatic heterocycles. The zero-order valence-electron chi connectivity index (χ0n) is 12.5. The van der Waals surface area contributed by atoms with Gasteiger partial charge in [-0.15, -0.1) is 0 Å². The SMILES string of the molecule is CC(C)(C)Oc1ccccc1N=Cc1ccc(C#N)cc1. The molecule has 0 aliphatic carbocycles. The minimum Gasteiger partial charge on any atom is -0.486 e. The molecule has 0 unspecified atom stereocenters. The third-order valence-electron chi connectivity index (χ3n) is 2.67. The van der Waals surface area contributed by atoms with Crippen LogP contribution in [-0.4, -0.2) is 11.8 Å². The summed E-state index contributed by atoms with van der Waals surface area (Å²) in [5.41, 5.74) is 2.11. The van der Waals surface area contributed by atoms with Gasteiger partial charge in [0, 0.05) is 6.21 Å². The Morgan fingerprint density at radius 3 is 2.33 bits per heavy atom. The van der Waals surface area contributed by atoms with Crippen LogP contribution in [0.3, 0.4) is 0 Å². The highest BCUT2D eigenvalue weighted by atomic mass is 16.5. The third kappa shape index (κ3) is 4.47. The lowest BCUT2D eigenvalue weighted by molar-refractivity contribution is 0.132. The van der Waals surface area contributed by atoms with Crippen LogP contribution in [0.5, 0.6) is 5.75 Å². The quantitative estimate of drug-likeness (QED) is 0.777. The van der Waals surface area contributed by atoms with Gasteiger partial charge < -0.3 is 4.74 Å². The molecule has 21 heavy (non-hydrogen) atoms. The van der Waals surface area contributed by atoms with Gasteiger partial charge in [-0.2, -0.15) is 5.26 Å². The Labute approximate surface area is 125 Å². The maximum absolute atomic E-state index is 8.78. The van der Waals surface area contributed by atoms with E-state index < -0.39 is 0 Å². The highest BCUT2D eigenvalue weighted by Crippen LogP contribution is 2.29. The fraction of sp³-hybridized carbons (Fsp3) is 0.222. The van der Waals surface area contributed by atoms with Crippen LogP contribution < -0.4 is 4.74 Å². The molecule has 0 amide bonds. The number of ether oxygens (including phenoxy) is 1. The highest BCUT2D eigenvalue weighted by Gasteiger charge is 2.13. The van der Waals surface area contributed by atoms with Crippen molar-refractivity contribution in [2.24, 2.45) is 4.99 Å². The molecule has 0 saturated heterocycles. The number of para-hydroxylation sites is 2. The first kappa shape index (κ1) is 14.8. The zero-order chi connectivity index (χ0) is 15.3. The van der Waals surface area contributed by atoms with E-state index in [4.69, 9.17) is 10.00 Å². The topological polar surface area (TPSA) is 45.4 Å². The monoisotopic (exact) mass is 278 g/mol. The van der Waals surface area contributed by atoms with Crippen LogP contribution in [0.2, 0.25) is 0 Å². The minimum atomic E-state index is -0.264. The Morgan fingerprint density at radius 2 is 1.71 bits per heavy atom. The van der Waals surface area contributed by atoms with Crippen molar-refractivity contribution in [1.29, 1.82) is 5.26 Å². The molecule has 0 spiro atoms. The second-order valence-electron chi connectivity index (χ2n) is 5.67. The molecule has 0 aromatic heterocycles. The molecule has 3 heteroatoms.